The van der Waals surface area contributed by atoms with Gasteiger partial charge in [-0.15, -0.1) is 12.3 Å². The molecule has 0 rings (SSSR count). The molecular formula is C14H22O3. The molecule has 0 aromatic heterocycles. The number of hydrogen-bond acceptors (Lipinski definition) is 3. The highest BCUT2D eigenvalue weighted by molar-refractivity contribution is 5.98. The van der Waals surface area contributed by atoms with E-state index in [4.69, 9.17) is 11.2 Å². The monoisotopic (exact) mass is 238 g/mol. The maximum absolute atomic E-state index is 11.7. The fraction of sp³-hybridized carbons (Fsp3) is 0.714. The summed E-state index contributed by atoms with van der Waals surface area (Å²) in [6.45, 7) is 7.45. The number of esters is 1. The van der Waals surface area contributed by atoms with Gasteiger partial charge in [-0.05, 0) is 24.7 Å². The van der Waals surface area contributed by atoms with Gasteiger partial charge in [-0.2, -0.15) is 0 Å². The Bertz CT molecular complexity index is 317. The number of ketones is 1. The smallest absolute Gasteiger partial charge is 0.316 e. The van der Waals surface area contributed by atoms with Gasteiger partial charge in [0.25, 0.3) is 0 Å². The van der Waals surface area contributed by atoms with Gasteiger partial charge in [-0.1, -0.05) is 20.8 Å². The summed E-state index contributed by atoms with van der Waals surface area (Å²) >= 11 is 0. The quantitative estimate of drug-likeness (QED) is 0.420. The molecule has 17 heavy (non-hydrogen) atoms. The summed E-state index contributed by atoms with van der Waals surface area (Å²) in [5.74, 6) is 1.13. The average Bonchev–Trinajstić information content (AvgIpc) is 2.20. The minimum atomic E-state index is -0.714. The highest BCUT2D eigenvalue weighted by Crippen LogP contribution is 2.36. The third kappa shape index (κ3) is 4.60. The molecule has 96 valence electrons. The van der Waals surface area contributed by atoms with Crippen molar-refractivity contribution in [1.82, 2.24) is 0 Å². The average molecular weight is 238 g/mol. The van der Waals surface area contributed by atoms with Crippen LogP contribution in [0.2, 0.25) is 0 Å². The van der Waals surface area contributed by atoms with Crippen LogP contribution in [-0.4, -0.2) is 18.9 Å². The van der Waals surface area contributed by atoms with Crippen LogP contribution in [0, 0.1) is 29.6 Å². The fourth-order valence-electron chi connectivity index (χ4n) is 2.08. The third-order valence-corrected chi connectivity index (χ3v) is 3.01. The minimum Gasteiger partial charge on any atom is -0.468 e. The lowest BCUT2D eigenvalue weighted by molar-refractivity contribution is -0.153. The number of carbonyl (C=O) groups excluding carboxylic acids is 2. The molecule has 0 saturated heterocycles. The predicted octanol–water partition coefficient (Wildman–Crippen LogP) is 2.44. The van der Waals surface area contributed by atoms with Crippen molar-refractivity contribution in [2.45, 2.75) is 40.5 Å². The molecule has 0 N–H and O–H groups in total. The van der Waals surface area contributed by atoms with E-state index >= 15 is 0 Å². The molecule has 0 heterocycles. The second-order valence-electron chi connectivity index (χ2n) is 5.33. The predicted molar refractivity (Wildman–Crippen MR) is 67.2 cm³/mol. The van der Waals surface area contributed by atoms with Crippen molar-refractivity contribution < 1.29 is 14.3 Å². The molecule has 0 saturated carbocycles. The summed E-state index contributed by atoms with van der Waals surface area (Å²) in [6, 6.07) is 0. The molecule has 3 heteroatoms. The Morgan fingerprint density at radius 2 is 1.88 bits per heavy atom. The van der Waals surface area contributed by atoms with Crippen LogP contribution in [0.3, 0.4) is 0 Å². The van der Waals surface area contributed by atoms with Crippen LogP contribution in [0.5, 0.6) is 0 Å². The standard InChI is InChI=1S/C14H22O3/c1-7-8-9-11(14(3,4)5)12(10(2)15)13(16)17-6/h1,11-12H,8-9H2,2-6H3. The summed E-state index contributed by atoms with van der Waals surface area (Å²) in [4.78, 5) is 23.4. The van der Waals surface area contributed by atoms with Crippen molar-refractivity contribution in [3.8, 4) is 12.3 Å². The van der Waals surface area contributed by atoms with Crippen LogP contribution in [0.15, 0.2) is 0 Å². The van der Waals surface area contributed by atoms with Crippen molar-refractivity contribution >= 4 is 11.8 Å². The van der Waals surface area contributed by atoms with Crippen LogP contribution in [0.1, 0.15) is 40.5 Å². The Balaban J connectivity index is 5.16. The van der Waals surface area contributed by atoms with E-state index in [1.54, 1.807) is 0 Å². The van der Waals surface area contributed by atoms with Crippen molar-refractivity contribution in [3.63, 3.8) is 0 Å². The van der Waals surface area contributed by atoms with Gasteiger partial charge in [0.05, 0.1) is 7.11 Å². The molecule has 0 aromatic carbocycles. The van der Waals surface area contributed by atoms with E-state index in [-0.39, 0.29) is 17.1 Å². The van der Waals surface area contributed by atoms with Crippen LogP contribution in [-0.2, 0) is 14.3 Å². The van der Waals surface area contributed by atoms with Crippen LogP contribution < -0.4 is 0 Å². The summed E-state index contributed by atoms with van der Waals surface area (Å²) in [5.41, 5.74) is -0.165. The molecule has 0 aliphatic heterocycles. The Hall–Kier alpha value is -1.30. The second kappa shape index (κ2) is 6.44. The summed E-state index contributed by atoms with van der Waals surface area (Å²) < 4.78 is 4.72. The lowest BCUT2D eigenvalue weighted by atomic mass is 9.69. The number of carbonyl (C=O) groups is 2. The number of terminal acetylenes is 1. The van der Waals surface area contributed by atoms with E-state index < -0.39 is 11.9 Å². The molecule has 0 aliphatic carbocycles. The molecular weight excluding hydrogens is 216 g/mol. The number of rotatable bonds is 5. The SMILES string of the molecule is C#CCCC(C(C(C)=O)C(=O)OC)C(C)(C)C. The first-order valence-corrected chi connectivity index (χ1v) is 5.77. The van der Waals surface area contributed by atoms with Gasteiger partial charge < -0.3 is 4.74 Å². The maximum Gasteiger partial charge on any atom is 0.316 e. The molecule has 2 unspecified atom stereocenters. The lowest BCUT2D eigenvalue weighted by Gasteiger charge is -2.34. The highest BCUT2D eigenvalue weighted by Gasteiger charge is 2.39. The van der Waals surface area contributed by atoms with E-state index in [2.05, 4.69) is 5.92 Å². The normalized spacial score (nSPS) is 14.6. The summed E-state index contributed by atoms with van der Waals surface area (Å²) in [6.07, 6.45) is 6.46. The zero-order valence-corrected chi connectivity index (χ0v) is 11.4. The van der Waals surface area contributed by atoms with Gasteiger partial charge in [0.2, 0.25) is 0 Å². The van der Waals surface area contributed by atoms with Gasteiger partial charge in [-0.3, -0.25) is 9.59 Å². The molecule has 0 amide bonds. The molecule has 0 fully saturated rings. The molecule has 0 aliphatic rings. The van der Waals surface area contributed by atoms with E-state index in [1.807, 2.05) is 20.8 Å². The fourth-order valence-corrected chi connectivity index (χ4v) is 2.08. The first-order valence-electron chi connectivity index (χ1n) is 5.77. The summed E-state index contributed by atoms with van der Waals surface area (Å²) in [5, 5.41) is 0. The Morgan fingerprint density at radius 3 is 2.18 bits per heavy atom. The van der Waals surface area contributed by atoms with Gasteiger partial charge in [0.15, 0.2) is 0 Å². The summed E-state index contributed by atoms with van der Waals surface area (Å²) in [7, 11) is 1.30. The second-order valence-corrected chi connectivity index (χ2v) is 5.33. The van der Waals surface area contributed by atoms with Crippen LogP contribution in [0.4, 0.5) is 0 Å². The lowest BCUT2D eigenvalue weighted by Crippen LogP contribution is -2.38. The largest absolute Gasteiger partial charge is 0.468 e. The van der Waals surface area contributed by atoms with Gasteiger partial charge in [0.1, 0.15) is 11.7 Å². The van der Waals surface area contributed by atoms with Crippen molar-refractivity contribution in [2.24, 2.45) is 17.3 Å². The molecule has 0 aromatic rings. The van der Waals surface area contributed by atoms with E-state index in [0.717, 1.165) is 0 Å². The Kier molecular flexibility index (Phi) is 5.95. The van der Waals surface area contributed by atoms with Crippen LogP contribution >= 0.6 is 0 Å². The number of hydrogen-bond donors (Lipinski definition) is 0. The van der Waals surface area contributed by atoms with Gasteiger partial charge in [0, 0.05) is 6.42 Å². The van der Waals surface area contributed by atoms with E-state index in [9.17, 15) is 9.59 Å². The number of methoxy groups -OCH3 is 1. The first kappa shape index (κ1) is 15.7. The van der Waals surface area contributed by atoms with Crippen molar-refractivity contribution in [1.29, 1.82) is 0 Å². The number of Topliss-reactive ketones (excluding diaryl/α,β-unsaturated/α-hetero) is 1. The topological polar surface area (TPSA) is 43.4 Å². The van der Waals surface area contributed by atoms with Gasteiger partial charge in [-0.25, -0.2) is 0 Å². The van der Waals surface area contributed by atoms with Crippen LogP contribution in [0.25, 0.3) is 0 Å². The van der Waals surface area contributed by atoms with E-state index in [1.165, 1.54) is 14.0 Å². The molecule has 0 spiro atoms. The highest BCUT2D eigenvalue weighted by atomic mass is 16.5. The zero-order valence-electron chi connectivity index (χ0n) is 11.4. The molecule has 0 radical (unpaired) electrons. The zero-order chi connectivity index (χ0) is 13.6. The van der Waals surface area contributed by atoms with Crippen molar-refractivity contribution in [3.05, 3.63) is 0 Å². The van der Waals surface area contributed by atoms with Gasteiger partial charge >= 0.3 is 5.97 Å². The molecule has 0 bridgehead atoms. The molecule has 3 nitrogen and oxygen atoms in total. The van der Waals surface area contributed by atoms with E-state index in [0.29, 0.717) is 12.8 Å². The number of ether oxygens (including phenoxy) is 1. The Morgan fingerprint density at radius 1 is 1.35 bits per heavy atom. The third-order valence-electron chi connectivity index (χ3n) is 3.01. The Labute approximate surface area is 104 Å². The molecule has 2 atom stereocenters. The minimum absolute atomic E-state index is 0.0940. The van der Waals surface area contributed by atoms with Crippen molar-refractivity contribution in [2.75, 3.05) is 7.11 Å². The maximum atomic E-state index is 11.7. The first-order chi connectivity index (χ1) is 7.75.